The van der Waals surface area contributed by atoms with E-state index >= 15 is 0 Å². The Kier molecular flexibility index (Phi) is 11.0. The Morgan fingerprint density at radius 3 is 2.65 bits per heavy atom. The zero-order valence-electron chi connectivity index (χ0n) is 15.4. The molecule has 7 nitrogen and oxygen atoms in total. The molecule has 0 amide bonds. The molecule has 1 fully saturated rings. The minimum absolute atomic E-state index is 0. The maximum Gasteiger partial charge on any atom is 0.252 e. The molecule has 26 heavy (non-hydrogen) atoms. The number of rotatable bonds is 8. The fourth-order valence-corrected chi connectivity index (χ4v) is 5.61. The van der Waals surface area contributed by atoms with Gasteiger partial charge in [0, 0.05) is 45.3 Å². The predicted molar refractivity (Wildman–Crippen MR) is 117 cm³/mol. The molecule has 0 atom stereocenters. The van der Waals surface area contributed by atoms with Crippen LogP contribution in [0.25, 0.3) is 0 Å². The largest absolute Gasteiger partial charge is 0.385 e. The first kappa shape index (κ1) is 23.6. The van der Waals surface area contributed by atoms with Crippen LogP contribution in [0.4, 0.5) is 0 Å². The average Bonchev–Trinajstić information content (AvgIpc) is 3.12. The summed E-state index contributed by atoms with van der Waals surface area (Å²) >= 11 is 1.32. The van der Waals surface area contributed by atoms with E-state index in [0.29, 0.717) is 36.4 Å². The van der Waals surface area contributed by atoms with Crippen molar-refractivity contribution in [3.05, 3.63) is 17.0 Å². The Balaban J connectivity index is 0.00000338. The first-order valence-corrected chi connectivity index (χ1v) is 10.9. The van der Waals surface area contributed by atoms with Crippen LogP contribution >= 0.6 is 35.3 Å². The first-order valence-electron chi connectivity index (χ1n) is 8.60. The number of ether oxygens (including phenoxy) is 1. The number of methoxy groups -OCH3 is 1. The molecule has 0 unspecified atom stereocenters. The van der Waals surface area contributed by atoms with Gasteiger partial charge in [0.2, 0.25) is 0 Å². The van der Waals surface area contributed by atoms with Crippen molar-refractivity contribution in [3.8, 4) is 0 Å². The molecule has 0 radical (unpaired) electrons. The highest BCUT2D eigenvalue weighted by Gasteiger charge is 2.27. The van der Waals surface area contributed by atoms with Crippen molar-refractivity contribution in [2.45, 2.75) is 36.4 Å². The van der Waals surface area contributed by atoms with Crippen LogP contribution < -0.4 is 10.6 Å². The van der Waals surface area contributed by atoms with E-state index in [-0.39, 0.29) is 24.0 Å². The summed E-state index contributed by atoms with van der Waals surface area (Å²) in [6.45, 7) is 3.28. The molecule has 150 valence electrons. The third-order valence-corrected chi connectivity index (χ3v) is 7.47. The molecule has 1 aromatic rings. The van der Waals surface area contributed by atoms with Crippen molar-refractivity contribution < 1.29 is 13.2 Å². The van der Waals surface area contributed by atoms with Gasteiger partial charge in [-0.3, -0.25) is 4.99 Å². The molecular formula is C16H29IN4O3S2. The number of hydrogen-bond acceptors (Lipinski definition) is 5. The second-order valence-electron chi connectivity index (χ2n) is 5.88. The van der Waals surface area contributed by atoms with E-state index in [1.165, 1.54) is 11.3 Å². The van der Waals surface area contributed by atoms with Gasteiger partial charge >= 0.3 is 0 Å². The van der Waals surface area contributed by atoms with Crippen LogP contribution in [0.1, 0.15) is 30.6 Å². The van der Waals surface area contributed by atoms with E-state index in [1.54, 1.807) is 24.5 Å². The van der Waals surface area contributed by atoms with E-state index in [4.69, 9.17) is 4.74 Å². The van der Waals surface area contributed by atoms with Crippen molar-refractivity contribution in [1.82, 2.24) is 14.9 Å². The highest BCUT2D eigenvalue weighted by Crippen LogP contribution is 2.26. The SMILES string of the molecule is CN=C(NCCCOC)NCc1ccc(S(=O)(=O)N2CCCCC2)s1.I. The Hall–Kier alpha value is -0.430. The maximum absolute atomic E-state index is 12.7. The Labute approximate surface area is 177 Å². The lowest BCUT2D eigenvalue weighted by atomic mass is 10.2. The molecule has 1 aromatic heterocycles. The van der Waals surface area contributed by atoms with Crippen LogP contribution in [-0.2, 0) is 21.3 Å². The van der Waals surface area contributed by atoms with E-state index in [0.717, 1.165) is 37.1 Å². The summed E-state index contributed by atoms with van der Waals surface area (Å²) in [4.78, 5) is 5.13. The lowest BCUT2D eigenvalue weighted by Gasteiger charge is -2.25. The molecule has 1 aliphatic rings. The number of hydrogen-bond donors (Lipinski definition) is 2. The summed E-state index contributed by atoms with van der Waals surface area (Å²) in [5.41, 5.74) is 0. The topological polar surface area (TPSA) is 83.0 Å². The number of piperidine rings is 1. The average molecular weight is 516 g/mol. The highest BCUT2D eigenvalue weighted by molar-refractivity contribution is 14.0. The van der Waals surface area contributed by atoms with Crippen molar-refractivity contribution in [3.63, 3.8) is 0 Å². The normalized spacial score (nSPS) is 16.2. The molecule has 1 saturated heterocycles. The fourth-order valence-electron chi connectivity index (χ4n) is 2.64. The standard InChI is InChI=1S/C16H28N4O3S2.HI/c1-17-16(18-9-6-12-23-2)19-13-14-7-8-15(24-14)25(21,22)20-10-4-3-5-11-20;/h7-8H,3-6,9-13H2,1-2H3,(H2,17,18,19);1H. The monoisotopic (exact) mass is 516 g/mol. The van der Waals surface area contributed by atoms with Crippen LogP contribution in [0.2, 0.25) is 0 Å². The van der Waals surface area contributed by atoms with Crippen LogP contribution in [0, 0.1) is 0 Å². The first-order chi connectivity index (χ1) is 12.1. The zero-order valence-corrected chi connectivity index (χ0v) is 19.3. The van der Waals surface area contributed by atoms with Gasteiger partial charge in [0.15, 0.2) is 5.96 Å². The van der Waals surface area contributed by atoms with Crippen LogP contribution in [0.3, 0.4) is 0 Å². The lowest BCUT2D eigenvalue weighted by Crippen LogP contribution is -2.37. The van der Waals surface area contributed by atoms with Crippen LogP contribution in [-0.4, -0.2) is 59.1 Å². The van der Waals surface area contributed by atoms with E-state index < -0.39 is 10.0 Å². The van der Waals surface area contributed by atoms with E-state index in [1.807, 2.05) is 6.07 Å². The van der Waals surface area contributed by atoms with Gasteiger partial charge in [-0.05, 0) is 31.4 Å². The van der Waals surface area contributed by atoms with Gasteiger partial charge < -0.3 is 15.4 Å². The molecule has 0 bridgehead atoms. The fraction of sp³-hybridized carbons (Fsp3) is 0.688. The van der Waals surface area contributed by atoms with Gasteiger partial charge in [-0.1, -0.05) is 6.42 Å². The molecule has 10 heteroatoms. The van der Waals surface area contributed by atoms with Crippen LogP contribution in [0.5, 0.6) is 0 Å². The number of aliphatic imine (C=N–C) groups is 1. The van der Waals surface area contributed by atoms with E-state index in [9.17, 15) is 8.42 Å². The number of halogens is 1. The summed E-state index contributed by atoms with van der Waals surface area (Å²) in [5, 5.41) is 6.41. The van der Waals surface area contributed by atoms with Crippen molar-refractivity contribution >= 4 is 51.3 Å². The molecule has 0 saturated carbocycles. The molecule has 2 heterocycles. The molecule has 0 spiro atoms. The lowest BCUT2D eigenvalue weighted by molar-refractivity contribution is 0.195. The second-order valence-corrected chi connectivity index (χ2v) is 9.22. The molecular weight excluding hydrogens is 487 g/mol. The number of nitrogens with one attached hydrogen (secondary N) is 2. The maximum atomic E-state index is 12.7. The summed E-state index contributed by atoms with van der Waals surface area (Å²) in [6.07, 6.45) is 3.91. The van der Waals surface area contributed by atoms with Gasteiger partial charge in [-0.25, -0.2) is 8.42 Å². The number of nitrogens with zero attached hydrogens (tertiary/aromatic N) is 2. The van der Waals surface area contributed by atoms with Gasteiger partial charge in [-0.15, -0.1) is 35.3 Å². The Bertz CT molecular complexity index is 658. The quantitative estimate of drug-likeness (QED) is 0.240. The van der Waals surface area contributed by atoms with Crippen molar-refractivity contribution in [2.75, 3.05) is 40.4 Å². The molecule has 1 aliphatic heterocycles. The van der Waals surface area contributed by atoms with Crippen molar-refractivity contribution in [2.24, 2.45) is 4.99 Å². The highest BCUT2D eigenvalue weighted by atomic mass is 127. The van der Waals surface area contributed by atoms with Gasteiger partial charge in [0.25, 0.3) is 10.0 Å². The Morgan fingerprint density at radius 2 is 2.00 bits per heavy atom. The minimum Gasteiger partial charge on any atom is -0.385 e. The summed E-state index contributed by atoms with van der Waals surface area (Å²) < 4.78 is 32.4. The zero-order chi connectivity index (χ0) is 18.1. The summed E-state index contributed by atoms with van der Waals surface area (Å²) in [7, 11) is 0.0530. The second kappa shape index (κ2) is 12.1. The third-order valence-electron chi connectivity index (χ3n) is 4.02. The molecule has 2 rings (SSSR count). The van der Waals surface area contributed by atoms with Gasteiger partial charge in [-0.2, -0.15) is 4.31 Å². The molecule has 2 N–H and O–H groups in total. The van der Waals surface area contributed by atoms with E-state index in [2.05, 4.69) is 15.6 Å². The van der Waals surface area contributed by atoms with Crippen molar-refractivity contribution in [1.29, 1.82) is 0 Å². The Morgan fingerprint density at radius 1 is 1.27 bits per heavy atom. The predicted octanol–water partition coefficient (Wildman–Crippen LogP) is 2.24. The minimum atomic E-state index is -3.34. The molecule has 0 aromatic carbocycles. The summed E-state index contributed by atoms with van der Waals surface area (Å²) in [6, 6.07) is 3.58. The summed E-state index contributed by atoms with van der Waals surface area (Å²) in [5.74, 6) is 0.699. The number of thiophene rings is 1. The van der Waals surface area contributed by atoms with Gasteiger partial charge in [0.05, 0.1) is 6.54 Å². The smallest absolute Gasteiger partial charge is 0.252 e. The van der Waals surface area contributed by atoms with Gasteiger partial charge in [0.1, 0.15) is 4.21 Å². The van der Waals surface area contributed by atoms with Crippen LogP contribution in [0.15, 0.2) is 21.3 Å². The number of guanidine groups is 1. The number of sulfonamides is 1. The third kappa shape index (κ3) is 6.95. The molecule has 0 aliphatic carbocycles.